The number of likely N-dealkylation sites (tertiary alicyclic amines) is 1. The molecule has 0 radical (unpaired) electrons. The van der Waals surface area contributed by atoms with Crippen LogP contribution in [-0.4, -0.2) is 52.8 Å². The van der Waals surface area contributed by atoms with Gasteiger partial charge in [-0.15, -0.1) is 0 Å². The number of carbonyl (C=O) groups excluding carboxylic acids is 1. The molecule has 0 spiro atoms. The predicted molar refractivity (Wildman–Crippen MR) is 144 cm³/mol. The van der Waals surface area contributed by atoms with Crippen molar-refractivity contribution >= 4 is 11.8 Å². The molecule has 1 unspecified atom stereocenters. The Morgan fingerprint density at radius 1 is 1.03 bits per heavy atom. The number of piperidine rings is 1. The lowest BCUT2D eigenvalue weighted by Gasteiger charge is -2.32. The summed E-state index contributed by atoms with van der Waals surface area (Å²) in [5.41, 5.74) is 4.50. The number of aliphatic carboxylic acids is 1. The van der Waals surface area contributed by atoms with Crippen molar-refractivity contribution in [2.45, 2.75) is 71.4 Å². The van der Waals surface area contributed by atoms with Gasteiger partial charge in [0.05, 0.1) is 5.92 Å². The molecule has 2 aromatic rings. The Morgan fingerprint density at radius 3 is 2.49 bits per heavy atom. The topological polar surface area (TPSA) is 60.9 Å². The number of benzene rings is 2. The molecular formula is C31H41FN2O3. The molecule has 0 bridgehead atoms. The Kier molecular flexibility index (Phi) is 9.87. The molecule has 2 heterocycles. The molecule has 37 heavy (non-hydrogen) atoms. The van der Waals surface area contributed by atoms with Crippen LogP contribution in [0.15, 0.2) is 42.5 Å². The van der Waals surface area contributed by atoms with Crippen LogP contribution in [0.1, 0.15) is 78.9 Å². The van der Waals surface area contributed by atoms with Crippen LogP contribution in [0, 0.1) is 17.7 Å². The van der Waals surface area contributed by atoms with Crippen LogP contribution >= 0.6 is 0 Å². The number of carbonyl (C=O) groups is 2. The van der Waals surface area contributed by atoms with Crippen LogP contribution in [0.25, 0.3) is 0 Å². The minimum Gasteiger partial charge on any atom is -0.481 e. The van der Waals surface area contributed by atoms with Crippen molar-refractivity contribution in [1.29, 1.82) is 0 Å². The van der Waals surface area contributed by atoms with Crippen molar-refractivity contribution in [3.8, 4) is 0 Å². The summed E-state index contributed by atoms with van der Waals surface area (Å²) in [7, 11) is 0. The Hall–Kier alpha value is -2.57. The number of aryl methyl sites for hydroxylation is 1. The van der Waals surface area contributed by atoms with E-state index in [0.717, 1.165) is 82.5 Å². The van der Waals surface area contributed by atoms with E-state index in [-0.39, 0.29) is 17.5 Å². The van der Waals surface area contributed by atoms with E-state index in [2.05, 4.69) is 21.9 Å². The molecule has 1 fully saturated rings. The van der Waals surface area contributed by atoms with Gasteiger partial charge in [0.25, 0.3) is 0 Å². The molecular weight excluding hydrogens is 467 g/mol. The number of Topliss-reactive ketones (excluding diaryl/α,β-unsaturated/α-hetero) is 1. The Bertz CT molecular complexity index is 1050. The van der Waals surface area contributed by atoms with Gasteiger partial charge in [-0.3, -0.25) is 14.5 Å². The van der Waals surface area contributed by atoms with E-state index in [0.29, 0.717) is 25.2 Å². The molecule has 6 heteroatoms. The van der Waals surface area contributed by atoms with E-state index in [1.54, 1.807) is 0 Å². The fourth-order valence-corrected chi connectivity index (χ4v) is 5.81. The molecule has 0 amide bonds. The monoisotopic (exact) mass is 508 g/mol. The van der Waals surface area contributed by atoms with Gasteiger partial charge in [-0.05, 0) is 112 Å². The average Bonchev–Trinajstić information content (AvgIpc) is 3.10. The van der Waals surface area contributed by atoms with Crippen molar-refractivity contribution in [3.05, 3.63) is 70.5 Å². The van der Waals surface area contributed by atoms with Gasteiger partial charge in [0.2, 0.25) is 0 Å². The lowest BCUT2D eigenvalue weighted by molar-refractivity contribution is -0.142. The normalized spacial score (nSPS) is 18.2. The first-order valence-electron chi connectivity index (χ1n) is 14.0. The number of rotatable bonds is 11. The van der Waals surface area contributed by atoms with Crippen LogP contribution in [0.3, 0.4) is 0 Å². The molecule has 2 aromatic carbocycles. The van der Waals surface area contributed by atoms with E-state index in [1.807, 2.05) is 25.1 Å². The van der Waals surface area contributed by atoms with Crippen molar-refractivity contribution in [2.75, 3.05) is 26.2 Å². The summed E-state index contributed by atoms with van der Waals surface area (Å²) in [4.78, 5) is 29.1. The van der Waals surface area contributed by atoms with Gasteiger partial charge in [0.1, 0.15) is 5.82 Å². The maximum atomic E-state index is 13.3. The van der Waals surface area contributed by atoms with Crippen molar-refractivity contribution < 1.29 is 19.1 Å². The summed E-state index contributed by atoms with van der Waals surface area (Å²) in [6.45, 7) is 7.37. The van der Waals surface area contributed by atoms with E-state index in [1.165, 1.54) is 23.3 Å². The largest absolute Gasteiger partial charge is 0.481 e. The molecule has 0 aromatic heterocycles. The number of fused-ring (bicyclic) bond motifs is 1. The van der Waals surface area contributed by atoms with E-state index in [9.17, 15) is 19.1 Å². The van der Waals surface area contributed by atoms with Gasteiger partial charge < -0.3 is 10.0 Å². The second-order valence-electron chi connectivity index (χ2n) is 10.9. The summed E-state index contributed by atoms with van der Waals surface area (Å²) >= 11 is 0. The predicted octanol–water partition coefficient (Wildman–Crippen LogP) is 5.95. The standard InChI is InChI=1S/C31H41FN2O3/c1-2-25(31(36)37)15-19-33-17-13-23(14-18-33)7-12-30(35)27-9-8-26-4-3-16-34(22-28(26)20-27)21-24-5-10-29(32)11-6-24/h5-6,8-11,20,23,25H,2-4,7,12-19,21-22H2,1H3,(H,36,37). The van der Waals surface area contributed by atoms with Crippen LogP contribution in [0.4, 0.5) is 4.39 Å². The van der Waals surface area contributed by atoms with Gasteiger partial charge in [-0.1, -0.05) is 31.2 Å². The lowest BCUT2D eigenvalue weighted by Crippen LogP contribution is -2.35. The summed E-state index contributed by atoms with van der Waals surface area (Å²) in [5.74, 6) is -0.347. The Balaban J connectivity index is 1.25. The van der Waals surface area contributed by atoms with Crippen LogP contribution in [0.2, 0.25) is 0 Å². The third kappa shape index (κ3) is 7.96. The molecule has 1 N–H and O–H groups in total. The lowest BCUT2D eigenvalue weighted by atomic mass is 9.89. The van der Waals surface area contributed by atoms with Gasteiger partial charge in [0, 0.05) is 25.1 Å². The van der Waals surface area contributed by atoms with Gasteiger partial charge in [0.15, 0.2) is 5.78 Å². The number of halogens is 1. The van der Waals surface area contributed by atoms with Crippen LogP contribution in [-0.2, 0) is 24.3 Å². The molecule has 2 aliphatic rings. The fraction of sp³-hybridized carbons (Fsp3) is 0.548. The zero-order chi connectivity index (χ0) is 26.2. The first-order valence-corrected chi connectivity index (χ1v) is 14.0. The first-order chi connectivity index (χ1) is 17.9. The maximum Gasteiger partial charge on any atom is 0.306 e. The minimum absolute atomic E-state index is 0.209. The quantitative estimate of drug-likeness (QED) is 0.380. The third-order valence-electron chi connectivity index (χ3n) is 8.28. The summed E-state index contributed by atoms with van der Waals surface area (Å²) in [6, 6.07) is 13.0. The maximum absolute atomic E-state index is 13.3. The number of nitrogens with zero attached hydrogens (tertiary/aromatic N) is 2. The highest BCUT2D eigenvalue weighted by Gasteiger charge is 2.23. The fourth-order valence-electron chi connectivity index (χ4n) is 5.81. The summed E-state index contributed by atoms with van der Waals surface area (Å²) in [6.07, 6.45) is 7.17. The van der Waals surface area contributed by atoms with E-state index >= 15 is 0 Å². The molecule has 0 aliphatic carbocycles. The highest BCUT2D eigenvalue weighted by molar-refractivity contribution is 5.96. The average molecular weight is 509 g/mol. The van der Waals surface area contributed by atoms with Gasteiger partial charge in [-0.2, -0.15) is 0 Å². The minimum atomic E-state index is -0.686. The second-order valence-corrected chi connectivity index (χ2v) is 10.9. The van der Waals surface area contributed by atoms with Crippen LogP contribution in [0.5, 0.6) is 0 Å². The van der Waals surface area contributed by atoms with Gasteiger partial charge in [-0.25, -0.2) is 4.39 Å². The molecule has 1 atom stereocenters. The van der Waals surface area contributed by atoms with E-state index < -0.39 is 5.97 Å². The Morgan fingerprint density at radius 2 is 1.78 bits per heavy atom. The third-order valence-corrected chi connectivity index (χ3v) is 8.28. The SMILES string of the molecule is CCC(CCN1CCC(CCC(=O)c2ccc3c(c2)CN(Cc2ccc(F)cc2)CCC3)CC1)C(=O)O. The second kappa shape index (κ2) is 13.3. The smallest absolute Gasteiger partial charge is 0.306 e. The Labute approximate surface area is 220 Å². The highest BCUT2D eigenvalue weighted by Crippen LogP contribution is 2.26. The molecule has 4 rings (SSSR count). The zero-order valence-electron chi connectivity index (χ0n) is 22.1. The number of carboxylic acids is 1. The number of ketones is 1. The highest BCUT2D eigenvalue weighted by atomic mass is 19.1. The van der Waals surface area contributed by atoms with Crippen molar-refractivity contribution in [2.24, 2.45) is 11.8 Å². The van der Waals surface area contributed by atoms with Crippen molar-refractivity contribution in [1.82, 2.24) is 9.80 Å². The van der Waals surface area contributed by atoms with Gasteiger partial charge >= 0.3 is 5.97 Å². The van der Waals surface area contributed by atoms with Crippen molar-refractivity contribution in [3.63, 3.8) is 0 Å². The van der Waals surface area contributed by atoms with E-state index in [4.69, 9.17) is 0 Å². The molecule has 1 saturated heterocycles. The number of carboxylic acid groups (broad SMARTS) is 1. The molecule has 5 nitrogen and oxygen atoms in total. The first kappa shape index (κ1) is 27.5. The summed E-state index contributed by atoms with van der Waals surface area (Å²) < 4.78 is 13.3. The summed E-state index contributed by atoms with van der Waals surface area (Å²) in [5, 5.41) is 9.26. The molecule has 200 valence electrons. The molecule has 0 saturated carbocycles. The number of hydrogen-bond acceptors (Lipinski definition) is 4. The van der Waals surface area contributed by atoms with Crippen LogP contribution < -0.4 is 0 Å². The number of hydrogen-bond donors (Lipinski definition) is 1. The molecule has 2 aliphatic heterocycles. The zero-order valence-corrected chi connectivity index (χ0v) is 22.1.